The second-order valence-electron chi connectivity index (χ2n) is 5.55. The van der Waals surface area contributed by atoms with Crippen molar-refractivity contribution in [3.63, 3.8) is 0 Å². The molecule has 1 amide bonds. The van der Waals surface area contributed by atoms with Crippen LogP contribution in [-0.4, -0.2) is 46.2 Å². The lowest BCUT2D eigenvalue weighted by molar-refractivity contribution is -0.124. The highest BCUT2D eigenvalue weighted by Crippen LogP contribution is 2.21. The fourth-order valence-electron chi connectivity index (χ4n) is 2.66. The van der Waals surface area contributed by atoms with Crippen molar-refractivity contribution in [3.05, 3.63) is 17.0 Å². The molecule has 0 spiro atoms. The van der Waals surface area contributed by atoms with E-state index in [9.17, 15) is 9.90 Å². The fraction of sp³-hybridized carbons (Fsp3) is 0.714. The van der Waals surface area contributed by atoms with Gasteiger partial charge in [-0.05, 0) is 26.7 Å². The molecule has 0 saturated carbocycles. The molecular weight excluding hydrogens is 258 g/mol. The highest BCUT2D eigenvalue weighted by Gasteiger charge is 2.33. The largest absolute Gasteiger partial charge is 0.394 e. The summed E-state index contributed by atoms with van der Waals surface area (Å²) in [6.45, 7) is 4.97. The van der Waals surface area contributed by atoms with Crippen LogP contribution in [-0.2, 0) is 23.0 Å². The molecule has 6 heteroatoms. The Balaban J connectivity index is 2.04. The van der Waals surface area contributed by atoms with Crippen molar-refractivity contribution in [1.82, 2.24) is 15.1 Å². The Morgan fingerprint density at radius 1 is 1.45 bits per heavy atom. The Bertz CT molecular complexity index is 490. The number of hydrogen-bond donors (Lipinski definition) is 2. The van der Waals surface area contributed by atoms with E-state index in [0.717, 1.165) is 17.0 Å². The van der Waals surface area contributed by atoms with Crippen molar-refractivity contribution in [2.24, 2.45) is 7.05 Å². The maximum absolute atomic E-state index is 12.3. The van der Waals surface area contributed by atoms with E-state index in [2.05, 4.69) is 10.4 Å². The number of rotatable bonds is 4. The third-order valence-electron chi connectivity index (χ3n) is 4.15. The van der Waals surface area contributed by atoms with Gasteiger partial charge in [-0.25, -0.2) is 0 Å². The number of amides is 1. The zero-order valence-corrected chi connectivity index (χ0v) is 12.4. The zero-order chi connectivity index (χ0) is 14.8. The number of aliphatic hydroxyl groups excluding tert-OH is 1. The van der Waals surface area contributed by atoms with Gasteiger partial charge in [0.2, 0.25) is 5.91 Å². The van der Waals surface area contributed by atoms with Crippen LogP contribution in [0.1, 0.15) is 29.8 Å². The number of carbonyl (C=O) groups excluding carboxylic acids is 1. The molecule has 0 bridgehead atoms. The third kappa shape index (κ3) is 3.02. The van der Waals surface area contributed by atoms with Crippen molar-refractivity contribution in [1.29, 1.82) is 0 Å². The average molecular weight is 281 g/mol. The minimum Gasteiger partial charge on any atom is -0.394 e. The normalized spacial score (nSPS) is 18.0. The molecule has 0 atom stereocenters. The smallest absolute Gasteiger partial charge is 0.225 e. The number of aryl methyl sites for hydroxylation is 2. The van der Waals surface area contributed by atoms with Crippen LogP contribution in [0.5, 0.6) is 0 Å². The maximum Gasteiger partial charge on any atom is 0.225 e. The standard InChI is InChI=1S/C14H23N3O3/c1-10-12(11(2)17(3)16-10)8-13(19)15-14(9-18)4-6-20-7-5-14/h18H,4-9H2,1-3H3,(H,15,19). The van der Waals surface area contributed by atoms with Gasteiger partial charge in [0.1, 0.15) is 0 Å². The molecule has 0 unspecified atom stereocenters. The first kappa shape index (κ1) is 15.0. The van der Waals surface area contributed by atoms with Gasteiger partial charge in [-0.2, -0.15) is 5.10 Å². The molecule has 112 valence electrons. The second-order valence-corrected chi connectivity index (χ2v) is 5.55. The topological polar surface area (TPSA) is 76.4 Å². The minimum atomic E-state index is -0.528. The van der Waals surface area contributed by atoms with E-state index >= 15 is 0 Å². The number of carbonyl (C=O) groups is 1. The van der Waals surface area contributed by atoms with Gasteiger partial charge >= 0.3 is 0 Å². The van der Waals surface area contributed by atoms with Crippen molar-refractivity contribution in [2.75, 3.05) is 19.8 Å². The van der Waals surface area contributed by atoms with Crippen molar-refractivity contribution in [3.8, 4) is 0 Å². The quantitative estimate of drug-likeness (QED) is 0.829. The first-order valence-electron chi connectivity index (χ1n) is 6.96. The van der Waals surface area contributed by atoms with E-state index in [1.807, 2.05) is 20.9 Å². The van der Waals surface area contributed by atoms with E-state index in [-0.39, 0.29) is 12.5 Å². The summed E-state index contributed by atoms with van der Waals surface area (Å²) in [6.07, 6.45) is 1.61. The van der Waals surface area contributed by atoms with Crippen LogP contribution >= 0.6 is 0 Å². The molecule has 6 nitrogen and oxygen atoms in total. The molecule has 20 heavy (non-hydrogen) atoms. The predicted molar refractivity (Wildman–Crippen MR) is 74.4 cm³/mol. The third-order valence-corrected chi connectivity index (χ3v) is 4.15. The molecule has 1 aliphatic rings. The van der Waals surface area contributed by atoms with E-state index < -0.39 is 5.54 Å². The van der Waals surface area contributed by atoms with Gasteiger partial charge in [-0.1, -0.05) is 0 Å². The maximum atomic E-state index is 12.3. The van der Waals surface area contributed by atoms with E-state index in [1.54, 1.807) is 4.68 Å². The summed E-state index contributed by atoms with van der Waals surface area (Å²) in [7, 11) is 1.87. The molecule has 2 N–H and O–H groups in total. The number of hydrogen-bond acceptors (Lipinski definition) is 4. The Labute approximate surface area is 119 Å². The van der Waals surface area contributed by atoms with Crippen LogP contribution in [0.2, 0.25) is 0 Å². The van der Waals surface area contributed by atoms with Crippen molar-refractivity contribution < 1.29 is 14.6 Å². The Morgan fingerprint density at radius 3 is 2.60 bits per heavy atom. The van der Waals surface area contributed by atoms with Gasteiger partial charge in [-0.15, -0.1) is 0 Å². The zero-order valence-electron chi connectivity index (χ0n) is 12.4. The highest BCUT2D eigenvalue weighted by molar-refractivity contribution is 5.80. The monoisotopic (exact) mass is 281 g/mol. The van der Waals surface area contributed by atoms with Gasteiger partial charge in [0.05, 0.1) is 24.3 Å². The summed E-state index contributed by atoms with van der Waals surface area (Å²) >= 11 is 0. The SMILES string of the molecule is Cc1nn(C)c(C)c1CC(=O)NC1(CO)CCOCC1. The first-order valence-corrected chi connectivity index (χ1v) is 6.96. The average Bonchev–Trinajstić information content (AvgIpc) is 2.66. The van der Waals surface area contributed by atoms with Gasteiger partial charge in [-0.3, -0.25) is 9.48 Å². The first-order chi connectivity index (χ1) is 9.47. The summed E-state index contributed by atoms with van der Waals surface area (Å²) in [5.41, 5.74) is 2.32. The van der Waals surface area contributed by atoms with E-state index in [0.29, 0.717) is 32.5 Å². The summed E-state index contributed by atoms with van der Waals surface area (Å²) in [5, 5.41) is 16.9. The fourth-order valence-corrected chi connectivity index (χ4v) is 2.66. The lowest BCUT2D eigenvalue weighted by atomic mass is 9.90. The lowest BCUT2D eigenvalue weighted by Gasteiger charge is -2.36. The summed E-state index contributed by atoms with van der Waals surface area (Å²) in [4.78, 5) is 12.3. The number of nitrogens with one attached hydrogen (secondary N) is 1. The minimum absolute atomic E-state index is 0.0485. The van der Waals surface area contributed by atoms with Crippen molar-refractivity contribution >= 4 is 5.91 Å². The van der Waals surface area contributed by atoms with Crippen LogP contribution in [0.15, 0.2) is 0 Å². The summed E-state index contributed by atoms with van der Waals surface area (Å²) < 4.78 is 7.08. The molecule has 0 aliphatic carbocycles. The molecule has 1 aromatic rings. The van der Waals surface area contributed by atoms with Gasteiger partial charge in [0, 0.05) is 31.5 Å². The van der Waals surface area contributed by atoms with Crippen LogP contribution in [0.25, 0.3) is 0 Å². The Kier molecular flexibility index (Phi) is 4.45. The number of nitrogens with zero attached hydrogens (tertiary/aromatic N) is 2. The van der Waals surface area contributed by atoms with Gasteiger partial charge < -0.3 is 15.2 Å². The number of aromatic nitrogens is 2. The van der Waals surface area contributed by atoms with E-state index in [4.69, 9.17) is 4.74 Å². The summed E-state index contributed by atoms with van der Waals surface area (Å²) in [5.74, 6) is -0.0693. The highest BCUT2D eigenvalue weighted by atomic mass is 16.5. The molecule has 1 aromatic heterocycles. The molecule has 2 rings (SSSR count). The molecule has 1 saturated heterocycles. The molecule has 2 heterocycles. The van der Waals surface area contributed by atoms with Crippen molar-refractivity contribution in [2.45, 2.75) is 38.6 Å². The predicted octanol–water partition coefficient (Wildman–Crippen LogP) is 0.237. The molecule has 0 radical (unpaired) electrons. The number of aliphatic hydroxyl groups is 1. The number of ether oxygens (including phenoxy) is 1. The van der Waals surface area contributed by atoms with Crippen LogP contribution < -0.4 is 5.32 Å². The Hall–Kier alpha value is -1.40. The molecule has 1 aliphatic heterocycles. The molecule has 0 aromatic carbocycles. The lowest BCUT2D eigenvalue weighted by Crippen LogP contribution is -2.55. The second kappa shape index (κ2) is 5.93. The van der Waals surface area contributed by atoms with E-state index in [1.165, 1.54) is 0 Å². The van der Waals surface area contributed by atoms with Crippen LogP contribution in [0, 0.1) is 13.8 Å². The Morgan fingerprint density at radius 2 is 2.10 bits per heavy atom. The van der Waals surface area contributed by atoms with Crippen LogP contribution in [0.3, 0.4) is 0 Å². The van der Waals surface area contributed by atoms with Crippen LogP contribution in [0.4, 0.5) is 0 Å². The van der Waals surface area contributed by atoms with Gasteiger partial charge in [0.15, 0.2) is 0 Å². The van der Waals surface area contributed by atoms with Gasteiger partial charge in [0.25, 0.3) is 0 Å². The molecule has 1 fully saturated rings. The molecular formula is C14H23N3O3. The summed E-state index contributed by atoms with van der Waals surface area (Å²) in [6, 6.07) is 0.